The van der Waals surface area contributed by atoms with Gasteiger partial charge in [-0.3, -0.25) is 0 Å². The van der Waals surface area contributed by atoms with Crippen LogP contribution >= 0.6 is 0 Å². The Kier molecular flexibility index (Phi) is 4.84. The maximum absolute atomic E-state index is 4.13. The largest absolute Gasteiger partial charge is 0.392 e. The minimum absolute atomic E-state index is 0.508. The van der Waals surface area contributed by atoms with Crippen molar-refractivity contribution in [1.82, 2.24) is 5.32 Å². The summed E-state index contributed by atoms with van der Waals surface area (Å²) in [4.78, 5) is 0. The molecule has 0 radical (unpaired) electrons. The van der Waals surface area contributed by atoms with Crippen molar-refractivity contribution in [2.45, 2.75) is 19.8 Å². The monoisotopic (exact) mass is 215 g/mol. The molecule has 1 aliphatic carbocycles. The van der Waals surface area contributed by atoms with Crippen LogP contribution < -0.4 is 5.32 Å². The molecule has 0 fully saturated rings. The van der Waals surface area contributed by atoms with E-state index in [2.05, 4.69) is 55.8 Å². The van der Waals surface area contributed by atoms with Crippen LogP contribution in [-0.2, 0) is 0 Å². The molecule has 0 bridgehead atoms. The van der Waals surface area contributed by atoms with Crippen molar-refractivity contribution in [2.75, 3.05) is 7.05 Å². The molecule has 0 spiro atoms. The Morgan fingerprint density at radius 1 is 1.31 bits per heavy atom. The molecule has 0 aromatic rings. The lowest BCUT2D eigenvalue weighted by Gasteiger charge is -2.08. The van der Waals surface area contributed by atoms with Gasteiger partial charge in [0.1, 0.15) is 0 Å². The van der Waals surface area contributed by atoms with Crippen molar-refractivity contribution in [3.05, 3.63) is 60.4 Å². The number of nitrogens with one attached hydrogen (secondary N) is 1. The van der Waals surface area contributed by atoms with Gasteiger partial charge in [0.15, 0.2) is 0 Å². The zero-order valence-electron chi connectivity index (χ0n) is 10.3. The third-order valence-corrected chi connectivity index (χ3v) is 2.76. The average molecular weight is 215 g/mol. The quantitative estimate of drug-likeness (QED) is 0.736. The summed E-state index contributed by atoms with van der Waals surface area (Å²) in [6.45, 7) is 10.2. The molecule has 86 valence electrons. The van der Waals surface area contributed by atoms with Crippen LogP contribution in [0.25, 0.3) is 0 Å². The van der Waals surface area contributed by atoms with Gasteiger partial charge in [-0.15, -0.1) is 0 Å². The number of hydrogen-bond acceptors (Lipinski definition) is 1. The SMILES string of the molecule is C=C(CCC(=C)C1=CC=CC(C)C=C1)NC. The van der Waals surface area contributed by atoms with Crippen LogP contribution in [0.1, 0.15) is 19.8 Å². The zero-order valence-corrected chi connectivity index (χ0v) is 10.3. The van der Waals surface area contributed by atoms with Gasteiger partial charge in [-0.25, -0.2) is 0 Å². The second-order valence-corrected chi connectivity index (χ2v) is 4.18. The average Bonchev–Trinajstić information content (AvgIpc) is 2.50. The topological polar surface area (TPSA) is 12.0 Å². The van der Waals surface area contributed by atoms with E-state index in [0.29, 0.717) is 5.92 Å². The summed E-state index contributed by atoms with van der Waals surface area (Å²) in [5, 5.41) is 3.06. The maximum atomic E-state index is 4.13. The van der Waals surface area contributed by atoms with Gasteiger partial charge in [-0.05, 0) is 29.9 Å². The normalized spacial score (nSPS) is 18.9. The lowest BCUT2D eigenvalue weighted by atomic mass is 10.0. The van der Waals surface area contributed by atoms with Crippen LogP contribution in [-0.4, -0.2) is 7.05 Å². The van der Waals surface area contributed by atoms with Crippen molar-refractivity contribution in [3.8, 4) is 0 Å². The van der Waals surface area contributed by atoms with E-state index >= 15 is 0 Å². The van der Waals surface area contributed by atoms with Gasteiger partial charge in [0.05, 0.1) is 0 Å². The molecular weight excluding hydrogens is 194 g/mol. The molecule has 1 heteroatoms. The Morgan fingerprint density at radius 2 is 2.06 bits per heavy atom. The van der Waals surface area contributed by atoms with Crippen molar-refractivity contribution in [2.24, 2.45) is 5.92 Å². The predicted molar refractivity (Wildman–Crippen MR) is 72.1 cm³/mol. The highest BCUT2D eigenvalue weighted by atomic mass is 14.8. The smallest absolute Gasteiger partial charge is 0.00343 e. The molecule has 1 atom stereocenters. The molecule has 1 unspecified atom stereocenters. The number of rotatable bonds is 5. The lowest BCUT2D eigenvalue weighted by molar-refractivity contribution is 0.842. The Hall–Kier alpha value is -1.50. The van der Waals surface area contributed by atoms with Gasteiger partial charge in [-0.2, -0.15) is 0 Å². The van der Waals surface area contributed by atoms with Crippen LogP contribution in [0.2, 0.25) is 0 Å². The summed E-state index contributed by atoms with van der Waals surface area (Å²) in [5.41, 5.74) is 3.46. The van der Waals surface area contributed by atoms with E-state index in [4.69, 9.17) is 0 Å². The van der Waals surface area contributed by atoms with Crippen molar-refractivity contribution in [3.63, 3.8) is 0 Å². The first-order chi connectivity index (χ1) is 7.63. The minimum Gasteiger partial charge on any atom is -0.392 e. The van der Waals surface area contributed by atoms with Gasteiger partial charge in [0.25, 0.3) is 0 Å². The zero-order chi connectivity index (χ0) is 12.0. The van der Waals surface area contributed by atoms with Crippen LogP contribution in [0.4, 0.5) is 0 Å². The molecule has 0 aromatic carbocycles. The summed E-state index contributed by atoms with van der Waals surface area (Å²) in [7, 11) is 1.90. The number of hydrogen-bond donors (Lipinski definition) is 1. The first-order valence-corrected chi connectivity index (χ1v) is 5.74. The van der Waals surface area contributed by atoms with E-state index < -0.39 is 0 Å². The fourth-order valence-corrected chi connectivity index (χ4v) is 1.52. The van der Waals surface area contributed by atoms with Crippen LogP contribution in [0, 0.1) is 5.92 Å². The fraction of sp³-hybridized carbons (Fsp3) is 0.333. The third kappa shape index (κ3) is 3.93. The van der Waals surface area contributed by atoms with Gasteiger partial charge < -0.3 is 5.32 Å². The highest BCUT2D eigenvalue weighted by Gasteiger charge is 2.02. The van der Waals surface area contributed by atoms with E-state index in [1.807, 2.05) is 7.05 Å². The van der Waals surface area contributed by atoms with Crippen molar-refractivity contribution < 1.29 is 0 Å². The molecule has 1 nitrogen and oxygen atoms in total. The molecule has 0 saturated heterocycles. The maximum Gasteiger partial charge on any atom is 0.00343 e. The molecule has 0 aromatic heterocycles. The summed E-state index contributed by atoms with van der Waals surface area (Å²) in [6.07, 6.45) is 12.7. The third-order valence-electron chi connectivity index (χ3n) is 2.76. The van der Waals surface area contributed by atoms with Crippen LogP contribution in [0.5, 0.6) is 0 Å². The van der Waals surface area contributed by atoms with Gasteiger partial charge in [-0.1, -0.05) is 50.5 Å². The van der Waals surface area contributed by atoms with E-state index in [0.717, 1.165) is 18.5 Å². The standard InChI is InChI=1S/C15H21N/c1-12-6-5-7-15(11-8-12)13(2)9-10-14(3)16-4/h5-8,11-12,16H,2-3,9-10H2,1,4H3. The summed E-state index contributed by atoms with van der Waals surface area (Å²) in [5.74, 6) is 0.508. The molecule has 0 saturated carbocycles. The highest BCUT2D eigenvalue weighted by Crippen LogP contribution is 2.20. The van der Waals surface area contributed by atoms with E-state index in [1.54, 1.807) is 0 Å². The predicted octanol–water partition coefficient (Wildman–Crippen LogP) is 3.74. The summed E-state index contributed by atoms with van der Waals surface area (Å²) < 4.78 is 0. The van der Waals surface area contributed by atoms with E-state index in [-0.39, 0.29) is 0 Å². The lowest BCUT2D eigenvalue weighted by Crippen LogP contribution is -2.04. The highest BCUT2D eigenvalue weighted by molar-refractivity contribution is 5.42. The first-order valence-electron chi connectivity index (χ1n) is 5.74. The second-order valence-electron chi connectivity index (χ2n) is 4.18. The molecule has 1 N–H and O–H groups in total. The Balaban J connectivity index is 2.55. The Bertz CT molecular complexity index is 356. The Labute approximate surface area is 98.9 Å². The van der Waals surface area contributed by atoms with Gasteiger partial charge in [0, 0.05) is 12.7 Å². The van der Waals surface area contributed by atoms with E-state index in [1.165, 1.54) is 11.1 Å². The van der Waals surface area contributed by atoms with Crippen LogP contribution in [0.3, 0.4) is 0 Å². The fourth-order valence-electron chi connectivity index (χ4n) is 1.52. The van der Waals surface area contributed by atoms with Crippen LogP contribution in [0.15, 0.2) is 60.4 Å². The molecule has 16 heavy (non-hydrogen) atoms. The minimum atomic E-state index is 0.508. The molecule has 0 aliphatic heterocycles. The van der Waals surface area contributed by atoms with Crippen molar-refractivity contribution >= 4 is 0 Å². The molecule has 0 amide bonds. The van der Waals surface area contributed by atoms with Gasteiger partial charge >= 0.3 is 0 Å². The Morgan fingerprint density at radius 3 is 2.75 bits per heavy atom. The molecular formula is C15H21N. The van der Waals surface area contributed by atoms with Gasteiger partial charge in [0.2, 0.25) is 0 Å². The second kappa shape index (κ2) is 6.16. The summed E-state index contributed by atoms with van der Waals surface area (Å²) >= 11 is 0. The molecule has 1 aliphatic rings. The number of allylic oxidation sites excluding steroid dienone is 8. The first kappa shape index (κ1) is 12.6. The summed E-state index contributed by atoms with van der Waals surface area (Å²) in [6, 6.07) is 0. The van der Waals surface area contributed by atoms with E-state index in [9.17, 15) is 0 Å². The molecule has 1 rings (SSSR count). The van der Waals surface area contributed by atoms with Crippen molar-refractivity contribution in [1.29, 1.82) is 0 Å². The molecule has 0 heterocycles.